The van der Waals surface area contributed by atoms with Crippen LogP contribution >= 0.6 is 0 Å². The Morgan fingerprint density at radius 1 is 1.14 bits per heavy atom. The van der Waals surface area contributed by atoms with Crippen molar-refractivity contribution in [2.24, 2.45) is 0 Å². The number of anilines is 1. The summed E-state index contributed by atoms with van der Waals surface area (Å²) < 4.78 is 11.1. The zero-order valence-electron chi connectivity index (χ0n) is 17.4. The zero-order valence-corrected chi connectivity index (χ0v) is 17.4. The number of nitrogens with one attached hydrogen (secondary N) is 2. The fourth-order valence-electron chi connectivity index (χ4n) is 3.28. The van der Waals surface area contributed by atoms with Crippen molar-refractivity contribution in [1.29, 1.82) is 0 Å². The van der Waals surface area contributed by atoms with Crippen molar-refractivity contribution in [3.05, 3.63) is 18.2 Å². The van der Waals surface area contributed by atoms with Gasteiger partial charge in [0.15, 0.2) is 11.5 Å². The van der Waals surface area contributed by atoms with Gasteiger partial charge in [-0.05, 0) is 52.8 Å². The number of rotatable bonds is 10. The first-order valence-electron chi connectivity index (χ1n) is 10.1. The normalized spacial score (nSPS) is 15.3. The van der Waals surface area contributed by atoms with E-state index in [-0.39, 0.29) is 30.4 Å². The maximum Gasteiger partial charge on any atom is 0.238 e. The molecular weight excluding hydrogens is 358 g/mol. The predicted octanol–water partition coefficient (Wildman–Crippen LogP) is 2.80. The second-order valence-electron chi connectivity index (χ2n) is 7.16. The molecule has 0 aromatic heterocycles. The molecule has 2 rings (SSSR count). The lowest BCUT2D eigenvalue weighted by molar-refractivity contribution is -0.127. The highest BCUT2D eigenvalue weighted by Gasteiger charge is 2.24. The van der Waals surface area contributed by atoms with Crippen LogP contribution in [0.2, 0.25) is 0 Å². The van der Waals surface area contributed by atoms with Gasteiger partial charge in [-0.15, -0.1) is 0 Å². The van der Waals surface area contributed by atoms with Crippen LogP contribution in [0.4, 0.5) is 5.69 Å². The molecule has 0 aliphatic heterocycles. The van der Waals surface area contributed by atoms with Gasteiger partial charge in [0.25, 0.3) is 0 Å². The molecule has 1 atom stereocenters. The number of ether oxygens (including phenoxy) is 2. The van der Waals surface area contributed by atoms with Crippen molar-refractivity contribution < 1.29 is 19.1 Å². The van der Waals surface area contributed by atoms with Crippen LogP contribution in [-0.4, -0.2) is 55.6 Å². The van der Waals surface area contributed by atoms with E-state index in [1.165, 1.54) is 12.8 Å². The molecule has 0 saturated heterocycles. The van der Waals surface area contributed by atoms with E-state index in [9.17, 15) is 9.59 Å². The van der Waals surface area contributed by atoms with E-state index in [0.29, 0.717) is 30.4 Å². The Hall–Kier alpha value is -2.28. The maximum absolute atomic E-state index is 12.4. The fourth-order valence-corrected chi connectivity index (χ4v) is 3.28. The summed E-state index contributed by atoms with van der Waals surface area (Å²) in [6.45, 7) is 6.79. The standard InChI is InChI=1S/C21H33N3O4/c1-5-27-18-12-11-17(13-19(18)28-6-2)22-20(25)14-24(4)15(3)21(26)23-16-9-7-8-10-16/h11-13,15-16H,5-10,14H2,1-4H3,(H,22,25)(H,23,26)/t15-/m0/s1. The molecule has 7 nitrogen and oxygen atoms in total. The van der Waals surface area contributed by atoms with E-state index >= 15 is 0 Å². The number of likely N-dealkylation sites (N-methyl/N-ethyl adjacent to an activating group) is 1. The molecule has 1 aliphatic carbocycles. The number of amides is 2. The van der Waals surface area contributed by atoms with Crippen molar-refractivity contribution in [2.45, 2.75) is 58.5 Å². The van der Waals surface area contributed by atoms with Crippen molar-refractivity contribution in [3.63, 3.8) is 0 Å². The summed E-state index contributed by atoms with van der Waals surface area (Å²) in [5.41, 5.74) is 0.633. The van der Waals surface area contributed by atoms with E-state index in [4.69, 9.17) is 9.47 Å². The molecule has 2 N–H and O–H groups in total. The summed E-state index contributed by atoms with van der Waals surface area (Å²) in [5.74, 6) is 1.04. The highest BCUT2D eigenvalue weighted by Crippen LogP contribution is 2.30. The summed E-state index contributed by atoms with van der Waals surface area (Å²) in [5, 5.41) is 5.94. The van der Waals surface area contributed by atoms with Gasteiger partial charge >= 0.3 is 0 Å². The summed E-state index contributed by atoms with van der Waals surface area (Å²) in [4.78, 5) is 26.5. The van der Waals surface area contributed by atoms with Crippen LogP contribution < -0.4 is 20.1 Å². The molecule has 1 saturated carbocycles. The number of hydrogen-bond acceptors (Lipinski definition) is 5. The Labute approximate surface area is 167 Å². The maximum atomic E-state index is 12.4. The molecule has 0 unspecified atom stereocenters. The third-order valence-corrected chi connectivity index (χ3v) is 4.96. The van der Waals surface area contributed by atoms with E-state index in [0.717, 1.165) is 12.8 Å². The number of carbonyl (C=O) groups is 2. The zero-order chi connectivity index (χ0) is 20.5. The molecule has 2 amide bonds. The average molecular weight is 392 g/mol. The van der Waals surface area contributed by atoms with Crippen LogP contribution in [0.5, 0.6) is 11.5 Å². The van der Waals surface area contributed by atoms with E-state index in [1.54, 1.807) is 30.1 Å². The summed E-state index contributed by atoms with van der Waals surface area (Å²) in [7, 11) is 1.78. The van der Waals surface area contributed by atoms with Crippen LogP contribution in [0.15, 0.2) is 18.2 Å². The van der Waals surface area contributed by atoms with E-state index < -0.39 is 0 Å². The third kappa shape index (κ3) is 6.41. The lowest BCUT2D eigenvalue weighted by Gasteiger charge is -2.25. The van der Waals surface area contributed by atoms with Crippen LogP contribution in [0.1, 0.15) is 46.5 Å². The first-order chi connectivity index (χ1) is 13.4. The molecule has 1 fully saturated rings. The number of hydrogen-bond donors (Lipinski definition) is 2. The predicted molar refractivity (Wildman–Crippen MR) is 110 cm³/mol. The highest BCUT2D eigenvalue weighted by atomic mass is 16.5. The van der Waals surface area contributed by atoms with Gasteiger partial charge in [-0.2, -0.15) is 0 Å². The average Bonchev–Trinajstić information content (AvgIpc) is 3.16. The first-order valence-corrected chi connectivity index (χ1v) is 10.1. The third-order valence-electron chi connectivity index (χ3n) is 4.96. The van der Waals surface area contributed by atoms with Gasteiger partial charge in [0.2, 0.25) is 11.8 Å². The summed E-state index contributed by atoms with van der Waals surface area (Å²) >= 11 is 0. The number of benzene rings is 1. The summed E-state index contributed by atoms with van der Waals surface area (Å²) in [6, 6.07) is 5.22. The molecule has 1 aromatic carbocycles. The van der Waals surface area contributed by atoms with Crippen molar-refractivity contribution in [1.82, 2.24) is 10.2 Å². The molecular formula is C21H33N3O4. The SMILES string of the molecule is CCOc1ccc(NC(=O)CN(C)[C@@H](C)C(=O)NC2CCCC2)cc1OCC. The van der Waals surface area contributed by atoms with Crippen molar-refractivity contribution >= 4 is 17.5 Å². The Morgan fingerprint density at radius 2 is 1.79 bits per heavy atom. The smallest absolute Gasteiger partial charge is 0.238 e. The number of nitrogens with zero attached hydrogens (tertiary/aromatic N) is 1. The van der Waals surface area contributed by atoms with Crippen LogP contribution in [-0.2, 0) is 9.59 Å². The van der Waals surface area contributed by atoms with Gasteiger partial charge < -0.3 is 20.1 Å². The molecule has 28 heavy (non-hydrogen) atoms. The van der Waals surface area contributed by atoms with Gasteiger partial charge in [0, 0.05) is 17.8 Å². The van der Waals surface area contributed by atoms with Crippen LogP contribution in [0.25, 0.3) is 0 Å². The van der Waals surface area contributed by atoms with Gasteiger partial charge in [0.05, 0.1) is 25.8 Å². The van der Waals surface area contributed by atoms with Gasteiger partial charge in [-0.3, -0.25) is 14.5 Å². The number of carbonyl (C=O) groups excluding carboxylic acids is 2. The van der Waals surface area contributed by atoms with Gasteiger partial charge in [-0.1, -0.05) is 12.8 Å². The molecule has 7 heteroatoms. The molecule has 0 heterocycles. The summed E-state index contributed by atoms with van der Waals surface area (Å²) in [6.07, 6.45) is 4.43. The fraction of sp³-hybridized carbons (Fsp3) is 0.619. The van der Waals surface area contributed by atoms with Gasteiger partial charge in [-0.25, -0.2) is 0 Å². The molecule has 0 spiro atoms. The van der Waals surface area contributed by atoms with E-state index in [1.807, 2.05) is 20.8 Å². The molecule has 0 bridgehead atoms. The Balaban J connectivity index is 1.89. The quantitative estimate of drug-likeness (QED) is 0.641. The second kappa shape index (κ2) is 10.9. The molecule has 1 aliphatic rings. The second-order valence-corrected chi connectivity index (χ2v) is 7.16. The largest absolute Gasteiger partial charge is 0.490 e. The van der Waals surface area contributed by atoms with Crippen LogP contribution in [0.3, 0.4) is 0 Å². The minimum Gasteiger partial charge on any atom is -0.490 e. The van der Waals surface area contributed by atoms with Crippen LogP contribution in [0, 0.1) is 0 Å². The lowest BCUT2D eigenvalue weighted by Crippen LogP contribution is -2.48. The van der Waals surface area contributed by atoms with E-state index in [2.05, 4.69) is 10.6 Å². The minimum absolute atomic E-state index is 0.0260. The molecule has 0 radical (unpaired) electrons. The first kappa shape index (κ1) is 22.0. The lowest BCUT2D eigenvalue weighted by atomic mass is 10.2. The van der Waals surface area contributed by atoms with Gasteiger partial charge in [0.1, 0.15) is 0 Å². The topological polar surface area (TPSA) is 79.9 Å². The van der Waals surface area contributed by atoms with Crippen molar-refractivity contribution in [3.8, 4) is 11.5 Å². The molecule has 156 valence electrons. The van der Waals surface area contributed by atoms with Crippen molar-refractivity contribution in [2.75, 3.05) is 32.1 Å². The minimum atomic E-state index is -0.370. The monoisotopic (exact) mass is 391 g/mol. The Bertz CT molecular complexity index is 659. The molecule has 1 aromatic rings. The Kier molecular flexibility index (Phi) is 8.57. The highest BCUT2D eigenvalue weighted by molar-refractivity contribution is 5.93. The Morgan fingerprint density at radius 3 is 2.43 bits per heavy atom.